The first-order valence-electron chi connectivity index (χ1n) is 4.15. The zero-order chi connectivity index (χ0) is 10.6. The van der Waals surface area contributed by atoms with E-state index in [1.807, 2.05) is 37.3 Å². The van der Waals surface area contributed by atoms with Crippen molar-refractivity contribution < 1.29 is 0 Å². The van der Waals surface area contributed by atoms with Gasteiger partial charge in [-0.2, -0.15) is 10.5 Å². The highest BCUT2D eigenvalue weighted by atomic mass is 32.1. The van der Waals surface area contributed by atoms with Crippen LogP contribution in [-0.2, 0) is 0 Å². The Morgan fingerprint density at radius 1 is 1.50 bits per heavy atom. The number of nitrogens with zero attached hydrogens (tertiary/aromatic N) is 2. The molecule has 0 aromatic carbocycles. The summed E-state index contributed by atoms with van der Waals surface area (Å²) in [5.74, 6) is 0. The first-order chi connectivity index (χ1) is 6.74. The lowest BCUT2D eigenvalue weighted by atomic mass is 9.91. The van der Waals surface area contributed by atoms with Gasteiger partial charge in [-0.3, -0.25) is 0 Å². The molecule has 0 atom stereocenters. The number of hydrogen-bond acceptors (Lipinski definition) is 3. The predicted molar refractivity (Wildman–Crippen MR) is 58.4 cm³/mol. The molecule has 0 N–H and O–H groups in total. The average molecular weight is 200 g/mol. The van der Waals surface area contributed by atoms with Crippen LogP contribution < -0.4 is 0 Å². The normalized spacial score (nSPS) is 17.8. The van der Waals surface area contributed by atoms with E-state index in [2.05, 4.69) is 0 Å². The number of thiocarbonyl (C=S) groups is 1. The maximum absolute atomic E-state index is 8.75. The molecule has 0 aliphatic heterocycles. The van der Waals surface area contributed by atoms with E-state index in [1.165, 1.54) is 0 Å². The van der Waals surface area contributed by atoms with Crippen LogP contribution in [0.3, 0.4) is 0 Å². The van der Waals surface area contributed by atoms with Gasteiger partial charge in [0, 0.05) is 4.86 Å². The van der Waals surface area contributed by atoms with Crippen molar-refractivity contribution >= 4 is 17.1 Å². The van der Waals surface area contributed by atoms with Crippen LogP contribution in [0.1, 0.15) is 13.3 Å². The first-order valence-corrected chi connectivity index (χ1v) is 4.56. The molecule has 0 bridgehead atoms. The molecule has 0 amide bonds. The van der Waals surface area contributed by atoms with Crippen LogP contribution in [0.4, 0.5) is 0 Å². The molecule has 68 valence electrons. The lowest BCUT2D eigenvalue weighted by Crippen LogP contribution is -2.06. The topological polar surface area (TPSA) is 47.6 Å². The van der Waals surface area contributed by atoms with E-state index >= 15 is 0 Å². The summed E-state index contributed by atoms with van der Waals surface area (Å²) < 4.78 is 0. The van der Waals surface area contributed by atoms with Gasteiger partial charge in [-0.1, -0.05) is 24.4 Å². The van der Waals surface area contributed by atoms with Crippen LogP contribution in [0.2, 0.25) is 0 Å². The van der Waals surface area contributed by atoms with Gasteiger partial charge >= 0.3 is 0 Å². The summed E-state index contributed by atoms with van der Waals surface area (Å²) >= 11 is 5.11. The molecular weight excluding hydrogens is 192 g/mol. The van der Waals surface area contributed by atoms with E-state index in [0.717, 1.165) is 11.1 Å². The quantitative estimate of drug-likeness (QED) is 0.343. The Labute approximate surface area is 88.5 Å². The second-order valence-electron chi connectivity index (χ2n) is 2.75. The van der Waals surface area contributed by atoms with Gasteiger partial charge in [-0.15, -0.1) is 0 Å². The minimum absolute atomic E-state index is 0.157. The van der Waals surface area contributed by atoms with Crippen LogP contribution in [0.5, 0.6) is 0 Å². The lowest BCUT2D eigenvalue weighted by Gasteiger charge is -2.13. The summed E-state index contributed by atoms with van der Waals surface area (Å²) in [5, 5.41) is 17.5. The Morgan fingerprint density at radius 2 is 2.14 bits per heavy atom. The standard InChI is InChI=1S/C11H8N2S/c1-2-9-10(8(6-12)7-13)4-3-5-11(9)14/h2-3,5H,4H2,1H3/b9-2-. The van der Waals surface area contributed by atoms with Crippen molar-refractivity contribution in [3.63, 3.8) is 0 Å². The van der Waals surface area contributed by atoms with Gasteiger partial charge in [0.05, 0.1) is 0 Å². The van der Waals surface area contributed by atoms with E-state index in [9.17, 15) is 0 Å². The van der Waals surface area contributed by atoms with E-state index in [0.29, 0.717) is 11.3 Å². The van der Waals surface area contributed by atoms with Gasteiger partial charge < -0.3 is 0 Å². The Hall–Kier alpha value is -1.71. The van der Waals surface area contributed by atoms with Gasteiger partial charge in [0.25, 0.3) is 0 Å². The molecule has 0 radical (unpaired) electrons. The molecule has 2 nitrogen and oxygen atoms in total. The minimum Gasteiger partial charge on any atom is -0.192 e. The van der Waals surface area contributed by atoms with Crippen molar-refractivity contribution in [3.05, 3.63) is 34.9 Å². The van der Waals surface area contributed by atoms with E-state index < -0.39 is 0 Å². The maximum Gasteiger partial charge on any atom is 0.133 e. The third kappa shape index (κ3) is 1.79. The fourth-order valence-electron chi connectivity index (χ4n) is 1.35. The molecule has 0 fully saturated rings. The number of rotatable bonds is 0. The zero-order valence-corrected chi connectivity index (χ0v) is 8.56. The molecule has 1 aliphatic carbocycles. The fourth-order valence-corrected chi connectivity index (χ4v) is 1.68. The third-order valence-corrected chi connectivity index (χ3v) is 2.35. The summed E-state index contributed by atoms with van der Waals surface area (Å²) in [6, 6.07) is 3.78. The maximum atomic E-state index is 8.75. The summed E-state index contributed by atoms with van der Waals surface area (Å²) in [5.41, 5.74) is 1.73. The average Bonchev–Trinajstić information content (AvgIpc) is 2.20. The number of nitriles is 2. The van der Waals surface area contributed by atoms with Crippen molar-refractivity contribution in [2.75, 3.05) is 0 Å². The molecule has 0 heterocycles. The molecule has 0 aromatic rings. The Bertz CT molecular complexity index is 423. The van der Waals surface area contributed by atoms with Crippen molar-refractivity contribution in [1.82, 2.24) is 0 Å². The smallest absolute Gasteiger partial charge is 0.133 e. The number of hydrogen-bond donors (Lipinski definition) is 0. The van der Waals surface area contributed by atoms with Gasteiger partial charge in [-0.05, 0) is 30.6 Å². The Kier molecular flexibility index (Phi) is 3.34. The molecule has 0 spiro atoms. The lowest BCUT2D eigenvalue weighted by molar-refractivity contribution is 1.21. The minimum atomic E-state index is 0.157. The molecule has 14 heavy (non-hydrogen) atoms. The highest BCUT2D eigenvalue weighted by Gasteiger charge is 2.15. The van der Waals surface area contributed by atoms with Crippen LogP contribution in [0.15, 0.2) is 34.9 Å². The number of allylic oxidation sites excluding steroid dienone is 6. The molecule has 0 aromatic heterocycles. The van der Waals surface area contributed by atoms with Gasteiger partial charge in [0.2, 0.25) is 0 Å². The van der Waals surface area contributed by atoms with E-state index in [-0.39, 0.29) is 5.57 Å². The predicted octanol–water partition coefficient (Wildman–Crippen LogP) is 2.61. The van der Waals surface area contributed by atoms with Crippen LogP contribution in [-0.4, -0.2) is 4.86 Å². The second-order valence-corrected chi connectivity index (χ2v) is 3.19. The summed E-state index contributed by atoms with van der Waals surface area (Å²) in [6.45, 7) is 1.85. The summed E-state index contributed by atoms with van der Waals surface area (Å²) in [6.07, 6.45) is 6.16. The molecule has 0 saturated heterocycles. The highest BCUT2D eigenvalue weighted by Crippen LogP contribution is 2.25. The van der Waals surface area contributed by atoms with Gasteiger partial charge in [-0.25, -0.2) is 0 Å². The molecular formula is C11H8N2S. The van der Waals surface area contributed by atoms with E-state index in [1.54, 1.807) is 0 Å². The Balaban J connectivity index is 3.34. The zero-order valence-electron chi connectivity index (χ0n) is 7.74. The van der Waals surface area contributed by atoms with Crippen molar-refractivity contribution in [1.29, 1.82) is 10.5 Å². The van der Waals surface area contributed by atoms with Gasteiger partial charge in [0.1, 0.15) is 17.7 Å². The van der Waals surface area contributed by atoms with Crippen LogP contribution in [0, 0.1) is 22.7 Å². The van der Waals surface area contributed by atoms with Crippen molar-refractivity contribution in [3.8, 4) is 12.1 Å². The monoisotopic (exact) mass is 200 g/mol. The molecule has 1 aliphatic rings. The molecule has 0 saturated carbocycles. The largest absolute Gasteiger partial charge is 0.192 e. The summed E-state index contributed by atoms with van der Waals surface area (Å²) in [4.78, 5) is 0.691. The van der Waals surface area contributed by atoms with Crippen molar-refractivity contribution in [2.45, 2.75) is 13.3 Å². The fraction of sp³-hybridized carbons (Fsp3) is 0.182. The molecule has 3 heteroatoms. The SMILES string of the molecule is C/C=C1\C(=S)C=CCC1=C(C#N)C#N. The third-order valence-electron chi connectivity index (χ3n) is 2.00. The molecule has 0 unspecified atom stereocenters. The first kappa shape index (κ1) is 10.4. The van der Waals surface area contributed by atoms with Crippen LogP contribution >= 0.6 is 12.2 Å². The summed E-state index contributed by atoms with van der Waals surface area (Å²) in [7, 11) is 0. The van der Waals surface area contributed by atoms with Crippen LogP contribution in [0.25, 0.3) is 0 Å². The van der Waals surface area contributed by atoms with Gasteiger partial charge in [0.15, 0.2) is 0 Å². The van der Waals surface area contributed by atoms with Crippen molar-refractivity contribution in [2.24, 2.45) is 0 Å². The Morgan fingerprint density at radius 3 is 2.64 bits per heavy atom. The van der Waals surface area contributed by atoms with E-state index in [4.69, 9.17) is 22.7 Å². The second kappa shape index (κ2) is 4.50. The highest BCUT2D eigenvalue weighted by molar-refractivity contribution is 7.81. The molecule has 1 rings (SSSR count).